The first-order valence-corrected chi connectivity index (χ1v) is 5.71. The second kappa shape index (κ2) is 5.09. The van der Waals surface area contributed by atoms with Gasteiger partial charge in [0.05, 0.1) is 10.4 Å². The molecule has 0 amide bonds. The topological polar surface area (TPSA) is 98.3 Å². The van der Waals surface area contributed by atoms with Crippen molar-refractivity contribution >= 4 is 34.4 Å². The van der Waals surface area contributed by atoms with Gasteiger partial charge in [-0.05, 0) is 17.7 Å². The van der Waals surface area contributed by atoms with Crippen molar-refractivity contribution in [1.82, 2.24) is 9.55 Å². The van der Waals surface area contributed by atoms with E-state index in [0.717, 1.165) is 0 Å². The molecule has 0 atom stereocenters. The Hall–Kier alpha value is -2.43. The lowest BCUT2D eigenvalue weighted by atomic mass is 10.1. The van der Waals surface area contributed by atoms with E-state index in [0.29, 0.717) is 12.1 Å². The number of non-ortho nitro benzene ring substituents is 1. The van der Waals surface area contributed by atoms with Gasteiger partial charge >= 0.3 is 11.5 Å². The second-order valence-electron chi connectivity index (χ2n) is 4.02. The molecule has 1 N–H and O–H groups in total. The molecule has 2 rings (SSSR count). The number of carboxylic acid groups (broad SMARTS) is 1. The molecule has 0 aliphatic heterocycles. The van der Waals surface area contributed by atoms with Crippen molar-refractivity contribution in [1.29, 1.82) is 0 Å². The molecule has 0 unspecified atom stereocenters. The number of nitro benzene ring substituents is 1. The largest absolute Gasteiger partial charge is 0.464 e. The molecule has 0 bridgehead atoms. The predicted octanol–water partition coefficient (Wildman–Crippen LogP) is 3.70. The van der Waals surface area contributed by atoms with E-state index in [4.69, 9.17) is 16.7 Å². The molecule has 2 aromatic rings. The standard InChI is InChI=1S/C10H4ClF4N3O4/c11-10(14,15)8-16-6-4(17(8)9(19)20)1-3(7(12)13)2-5(6)18(21)22/h1-2,7H,(H,19,20). The summed E-state index contributed by atoms with van der Waals surface area (Å²) in [6, 6.07) is 0.961. The molecule has 0 aliphatic rings. The normalized spacial score (nSPS) is 12.1. The van der Waals surface area contributed by atoms with Gasteiger partial charge in [0.15, 0.2) is 5.52 Å². The fraction of sp³-hybridized carbons (Fsp3) is 0.200. The van der Waals surface area contributed by atoms with Crippen LogP contribution in [0.15, 0.2) is 12.1 Å². The van der Waals surface area contributed by atoms with E-state index < -0.39 is 50.9 Å². The fourth-order valence-corrected chi connectivity index (χ4v) is 1.96. The van der Waals surface area contributed by atoms with Gasteiger partial charge in [-0.15, -0.1) is 0 Å². The van der Waals surface area contributed by atoms with Gasteiger partial charge in [-0.25, -0.2) is 23.1 Å². The van der Waals surface area contributed by atoms with Gasteiger partial charge in [-0.1, -0.05) is 0 Å². The Morgan fingerprint density at radius 1 is 1.45 bits per heavy atom. The summed E-state index contributed by atoms with van der Waals surface area (Å²) in [6.07, 6.45) is -5.18. The zero-order valence-corrected chi connectivity index (χ0v) is 10.9. The fourth-order valence-electron chi connectivity index (χ4n) is 1.83. The summed E-state index contributed by atoms with van der Waals surface area (Å²) in [5.41, 5.74) is -3.51. The number of hydrogen-bond donors (Lipinski definition) is 1. The molecule has 7 nitrogen and oxygen atoms in total. The van der Waals surface area contributed by atoms with Crippen LogP contribution in [0.3, 0.4) is 0 Å². The lowest BCUT2D eigenvalue weighted by Crippen LogP contribution is -2.19. The van der Waals surface area contributed by atoms with Crippen LogP contribution in [0.25, 0.3) is 11.0 Å². The van der Waals surface area contributed by atoms with Gasteiger partial charge in [0.25, 0.3) is 12.1 Å². The van der Waals surface area contributed by atoms with Gasteiger partial charge in [0.1, 0.15) is 0 Å². The number of benzene rings is 1. The zero-order chi connectivity index (χ0) is 16.8. The van der Waals surface area contributed by atoms with E-state index in [-0.39, 0.29) is 4.57 Å². The highest BCUT2D eigenvalue weighted by atomic mass is 35.5. The lowest BCUT2D eigenvalue weighted by molar-refractivity contribution is -0.383. The average Bonchev–Trinajstić information content (AvgIpc) is 2.76. The third kappa shape index (κ3) is 2.54. The summed E-state index contributed by atoms with van der Waals surface area (Å²) < 4.78 is 51.7. The first-order chi connectivity index (χ1) is 10.0. The van der Waals surface area contributed by atoms with Gasteiger partial charge < -0.3 is 5.11 Å². The van der Waals surface area contributed by atoms with Crippen molar-refractivity contribution in [3.8, 4) is 0 Å². The zero-order valence-electron chi connectivity index (χ0n) is 10.1. The molecule has 0 saturated carbocycles. The summed E-state index contributed by atoms with van der Waals surface area (Å²) >= 11 is 4.72. The maximum Gasteiger partial charge on any atom is 0.417 e. The number of fused-ring (bicyclic) bond motifs is 1. The molecule has 0 spiro atoms. The van der Waals surface area contributed by atoms with E-state index in [1.54, 1.807) is 0 Å². The number of rotatable bonds is 3. The number of halogens is 5. The number of nitrogens with zero attached hydrogens (tertiary/aromatic N) is 3. The van der Waals surface area contributed by atoms with E-state index >= 15 is 0 Å². The van der Waals surface area contributed by atoms with Crippen LogP contribution in [0.2, 0.25) is 0 Å². The van der Waals surface area contributed by atoms with Crippen LogP contribution in [0.4, 0.5) is 28.0 Å². The quantitative estimate of drug-likeness (QED) is 0.397. The molecule has 22 heavy (non-hydrogen) atoms. The number of imidazole rings is 1. The third-order valence-electron chi connectivity index (χ3n) is 2.66. The number of nitro groups is 1. The first kappa shape index (κ1) is 15.9. The van der Waals surface area contributed by atoms with Crippen LogP contribution in [-0.4, -0.2) is 25.7 Å². The minimum Gasteiger partial charge on any atom is -0.464 e. The summed E-state index contributed by atoms with van der Waals surface area (Å²) in [6.45, 7) is 0. The first-order valence-electron chi connectivity index (χ1n) is 5.33. The van der Waals surface area contributed by atoms with Crippen LogP contribution >= 0.6 is 11.6 Å². The Labute approximate surface area is 122 Å². The van der Waals surface area contributed by atoms with Crippen molar-refractivity contribution in [3.05, 3.63) is 33.6 Å². The van der Waals surface area contributed by atoms with Crippen LogP contribution in [0, 0.1) is 10.1 Å². The van der Waals surface area contributed by atoms with Gasteiger partial charge in [-0.2, -0.15) is 8.78 Å². The van der Waals surface area contributed by atoms with E-state index in [2.05, 4.69) is 4.98 Å². The molecule has 12 heteroatoms. The minimum absolute atomic E-state index is 0.165. The second-order valence-corrected chi connectivity index (χ2v) is 4.49. The maximum absolute atomic E-state index is 13.2. The highest BCUT2D eigenvalue weighted by Crippen LogP contribution is 2.38. The highest BCUT2D eigenvalue weighted by molar-refractivity contribution is 6.21. The van der Waals surface area contributed by atoms with E-state index in [1.807, 2.05) is 0 Å². The smallest absolute Gasteiger partial charge is 0.417 e. The Morgan fingerprint density at radius 3 is 2.45 bits per heavy atom. The Morgan fingerprint density at radius 2 is 2.05 bits per heavy atom. The monoisotopic (exact) mass is 341 g/mol. The van der Waals surface area contributed by atoms with Crippen molar-refractivity contribution in [3.63, 3.8) is 0 Å². The number of alkyl halides is 5. The number of carbonyl (C=O) groups is 1. The van der Waals surface area contributed by atoms with Crippen molar-refractivity contribution in [2.75, 3.05) is 0 Å². The summed E-state index contributed by atoms with van der Waals surface area (Å²) in [5, 5.41) is 15.6. The molecular formula is C10H4ClF4N3O4. The molecule has 0 saturated heterocycles. The molecule has 1 aromatic carbocycles. The van der Waals surface area contributed by atoms with Crippen molar-refractivity contribution in [2.24, 2.45) is 0 Å². The SMILES string of the molecule is O=C(O)n1c(C(F)(F)Cl)nc2c([N+](=O)[O-])cc(C(F)F)cc21. The Bertz CT molecular complexity index is 787. The molecule has 118 valence electrons. The molecular weight excluding hydrogens is 338 g/mol. The summed E-state index contributed by atoms with van der Waals surface area (Å²) in [4.78, 5) is 24.0. The van der Waals surface area contributed by atoms with Crippen molar-refractivity contribution in [2.45, 2.75) is 11.8 Å². The predicted molar refractivity (Wildman–Crippen MR) is 64.5 cm³/mol. The minimum atomic E-state index is -4.27. The van der Waals surface area contributed by atoms with Crippen molar-refractivity contribution < 1.29 is 32.4 Å². The number of hydrogen-bond acceptors (Lipinski definition) is 4. The van der Waals surface area contributed by atoms with Gasteiger partial charge in [-0.3, -0.25) is 10.1 Å². The van der Waals surface area contributed by atoms with E-state index in [9.17, 15) is 32.5 Å². The summed E-state index contributed by atoms with van der Waals surface area (Å²) in [7, 11) is 0. The Kier molecular flexibility index (Phi) is 3.69. The van der Waals surface area contributed by atoms with Crippen LogP contribution < -0.4 is 0 Å². The van der Waals surface area contributed by atoms with Crippen LogP contribution in [-0.2, 0) is 5.38 Å². The molecule has 0 radical (unpaired) electrons. The highest BCUT2D eigenvalue weighted by Gasteiger charge is 2.39. The summed E-state index contributed by atoms with van der Waals surface area (Å²) in [5.74, 6) is -1.52. The van der Waals surface area contributed by atoms with Gasteiger partial charge in [0, 0.05) is 11.6 Å². The Balaban J connectivity index is 2.98. The van der Waals surface area contributed by atoms with Crippen LogP contribution in [0.1, 0.15) is 17.8 Å². The molecule has 1 aromatic heterocycles. The maximum atomic E-state index is 13.2. The molecule has 1 heterocycles. The van der Waals surface area contributed by atoms with Gasteiger partial charge in [0.2, 0.25) is 5.82 Å². The van der Waals surface area contributed by atoms with Crippen LogP contribution in [0.5, 0.6) is 0 Å². The lowest BCUT2D eigenvalue weighted by Gasteiger charge is -2.07. The van der Waals surface area contributed by atoms with E-state index in [1.165, 1.54) is 0 Å². The average molecular weight is 342 g/mol. The number of aromatic nitrogens is 2. The third-order valence-corrected chi connectivity index (χ3v) is 2.82. The molecule has 0 fully saturated rings. The molecule has 0 aliphatic carbocycles.